The van der Waals surface area contributed by atoms with Crippen LogP contribution >= 0.6 is 8.46 Å². The maximum Gasteiger partial charge on any atom is 0.359 e. The molecule has 2 aromatic carbocycles. The Kier molecular flexibility index (Phi) is 7.64. The van der Waals surface area contributed by atoms with Crippen LogP contribution in [0.15, 0.2) is 35.2 Å². The second kappa shape index (κ2) is 9.44. The first kappa shape index (κ1) is 24.3. The highest BCUT2D eigenvalue weighted by Crippen LogP contribution is 2.41. The third-order valence-electron chi connectivity index (χ3n) is 6.52. The maximum absolute atomic E-state index is 12.4. The Morgan fingerprint density at radius 3 is 1.57 bits per heavy atom. The van der Waals surface area contributed by atoms with Gasteiger partial charge >= 0.3 is 8.46 Å². The van der Waals surface area contributed by atoms with Gasteiger partial charge < -0.3 is 0 Å². The van der Waals surface area contributed by atoms with Crippen LogP contribution in [0.4, 0.5) is 0 Å². The summed E-state index contributed by atoms with van der Waals surface area (Å²) in [4.78, 5) is 0. The molecule has 1 nitrogen and oxygen atoms in total. The van der Waals surface area contributed by atoms with Crippen LogP contribution in [-0.2, 0) is 4.57 Å². The molecule has 0 aromatic heterocycles. The summed E-state index contributed by atoms with van der Waals surface area (Å²) in [6.07, 6.45) is 4.52. The van der Waals surface area contributed by atoms with Gasteiger partial charge in [0.25, 0.3) is 0 Å². The van der Waals surface area contributed by atoms with Crippen LogP contribution in [0.25, 0.3) is 12.2 Å². The Labute approximate surface area is 185 Å². The number of benzene rings is 2. The number of aryl methyl sites for hydroxylation is 4. The second-order valence-electron chi connectivity index (χ2n) is 9.75. The van der Waals surface area contributed by atoms with Crippen LogP contribution in [0.2, 0.25) is 0 Å². The first-order valence-corrected chi connectivity index (χ1v) is 11.7. The second-order valence-corrected chi connectivity index (χ2v) is 10.5. The zero-order chi connectivity index (χ0) is 22.8. The van der Waals surface area contributed by atoms with Gasteiger partial charge in [-0.05, 0) is 97.5 Å². The summed E-state index contributed by atoms with van der Waals surface area (Å²) in [5.41, 5.74) is 11.5. The highest BCUT2D eigenvalue weighted by atomic mass is 31.1. The lowest BCUT2D eigenvalue weighted by molar-refractivity contribution is 0.464. The highest BCUT2D eigenvalue weighted by molar-refractivity contribution is 7.29. The van der Waals surface area contributed by atoms with E-state index in [1.54, 1.807) is 0 Å². The summed E-state index contributed by atoms with van der Waals surface area (Å²) in [5.74, 6) is 0.0967. The van der Waals surface area contributed by atoms with Crippen molar-refractivity contribution in [1.29, 1.82) is 0 Å². The van der Waals surface area contributed by atoms with Gasteiger partial charge in [-0.25, -0.2) is 0 Å². The average molecular weight is 422 g/mol. The molecule has 0 N–H and O–H groups in total. The van der Waals surface area contributed by atoms with E-state index >= 15 is 0 Å². The van der Waals surface area contributed by atoms with Crippen molar-refractivity contribution in [3.63, 3.8) is 0 Å². The van der Waals surface area contributed by atoms with Gasteiger partial charge in [0, 0.05) is 5.92 Å². The van der Waals surface area contributed by atoms with E-state index in [1.807, 2.05) is 0 Å². The van der Waals surface area contributed by atoms with Crippen molar-refractivity contribution in [3.8, 4) is 0 Å². The number of hydrogen-bond donors (Lipinski definition) is 0. The van der Waals surface area contributed by atoms with E-state index in [2.05, 4.69) is 106 Å². The third kappa shape index (κ3) is 5.19. The van der Waals surface area contributed by atoms with Gasteiger partial charge in [-0.2, -0.15) is 0 Å². The molecule has 0 fully saturated rings. The molecule has 0 radical (unpaired) electrons. The zero-order valence-corrected chi connectivity index (χ0v) is 21.4. The smallest absolute Gasteiger partial charge is 0.0711 e. The van der Waals surface area contributed by atoms with Crippen LogP contribution in [0.5, 0.6) is 0 Å². The van der Waals surface area contributed by atoms with Crippen molar-refractivity contribution in [3.05, 3.63) is 79.7 Å². The van der Waals surface area contributed by atoms with Gasteiger partial charge in [-0.1, -0.05) is 68.2 Å². The Morgan fingerprint density at radius 1 is 0.767 bits per heavy atom. The summed E-state index contributed by atoms with van der Waals surface area (Å²) in [6.45, 7) is 21.9. The molecule has 2 atom stereocenters. The lowest BCUT2D eigenvalue weighted by Crippen LogP contribution is -2.17. The molecule has 2 unspecified atom stereocenters. The minimum absolute atomic E-state index is 0.0303. The molecule has 2 heteroatoms. The van der Waals surface area contributed by atoms with Gasteiger partial charge in [0.15, 0.2) is 5.31 Å². The van der Waals surface area contributed by atoms with Crippen molar-refractivity contribution in [2.75, 3.05) is 0 Å². The molecule has 160 valence electrons. The quantitative estimate of drug-likeness (QED) is 0.441. The fourth-order valence-corrected chi connectivity index (χ4v) is 4.64. The highest BCUT2D eigenvalue weighted by Gasteiger charge is 2.29. The summed E-state index contributed by atoms with van der Waals surface area (Å²) < 4.78 is 12.4. The van der Waals surface area contributed by atoms with Crippen molar-refractivity contribution in [2.45, 2.75) is 69.2 Å². The predicted molar refractivity (Wildman–Crippen MR) is 135 cm³/mol. The third-order valence-corrected chi connectivity index (χ3v) is 7.34. The molecular formula is C28H38OP+. The van der Waals surface area contributed by atoms with E-state index in [4.69, 9.17) is 0 Å². The molecule has 0 aliphatic carbocycles. The predicted octanol–water partition coefficient (Wildman–Crippen LogP) is 8.67. The molecule has 2 rings (SSSR count). The van der Waals surface area contributed by atoms with Crippen molar-refractivity contribution in [2.24, 2.45) is 11.3 Å². The van der Waals surface area contributed by atoms with E-state index in [-0.39, 0.29) is 11.3 Å². The SMILES string of the molecule is Cc1ccc(C)c(C=C([PH+]=O)C(C)C(=Cc2c(C)ccc(C)c2C)C(C)(C)C)c1C. The van der Waals surface area contributed by atoms with E-state index in [0.717, 1.165) is 5.31 Å². The lowest BCUT2D eigenvalue weighted by atomic mass is 9.77. The molecule has 0 amide bonds. The largest absolute Gasteiger partial charge is 0.359 e. The van der Waals surface area contributed by atoms with Gasteiger partial charge in [-0.3, -0.25) is 0 Å². The van der Waals surface area contributed by atoms with Crippen molar-refractivity contribution >= 4 is 20.6 Å². The van der Waals surface area contributed by atoms with Crippen LogP contribution < -0.4 is 0 Å². The monoisotopic (exact) mass is 421 g/mol. The Bertz CT molecular complexity index is 1020. The molecule has 0 saturated heterocycles. The zero-order valence-electron chi connectivity index (χ0n) is 20.4. The van der Waals surface area contributed by atoms with Gasteiger partial charge in [-0.15, -0.1) is 0 Å². The van der Waals surface area contributed by atoms with E-state index in [1.165, 1.54) is 50.1 Å². The van der Waals surface area contributed by atoms with Crippen LogP contribution in [-0.4, -0.2) is 0 Å². The Balaban J connectivity index is 2.68. The van der Waals surface area contributed by atoms with Crippen LogP contribution in [0.3, 0.4) is 0 Å². The molecule has 0 heterocycles. The van der Waals surface area contributed by atoms with Crippen LogP contribution in [0.1, 0.15) is 72.2 Å². The van der Waals surface area contributed by atoms with Gasteiger partial charge in [0.1, 0.15) is 0 Å². The molecule has 30 heavy (non-hydrogen) atoms. The van der Waals surface area contributed by atoms with Crippen LogP contribution in [0, 0.1) is 52.9 Å². The fourth-order valence-electron chi connectivity index (χ4n) is 4.10. The van der Waals surface area contributed by atoms with E-state index in [0.29, 0.717) is 0 Å². The normalized spacial score (nSPS) is 14.3. The average Bonchev–Trinajstić information content (AvgIpc) is 2.67. The lowest BCUT2D eigenvalue weighted by Gasteiger charge is -2.28. The summed E-state index contributed by atoms with van der Waals surface area (Å²) in [5, 5.41) is 0.982. The number of rotatable bonds is 5. The summed E-state index contributed by atoms with van der Waals surface area (Å²) in [7, 11) is -0.461. The molecule has 0 saturated carbocycles. The molecule has 0 spiro atoms. The first-order valence-electron chi connectivity index (χ1n) is 10.8. The van der Waals surface area contributed by atoms with Crippen molar-refractivity contribution in [1.82, 2.24) is 0 Å². The number of hydrogen-bond acceptors (Lipinski definition) is 1. The Hall–Kier alpha value is -1.98. The molecule has 0 bridgehead atoms. The molecule has 0 aliphatic heterocycles. The summed E-state index contributed by atoms with van der Waals surface area (Å²) in [6, 6.07) is 8.71. The maximum atomic E-state index is 12.4. The topological polar surface area (TPSA) is 17.1 Å². The summed E-state index contributed by atoms with van der Waals surface area (Å²) >= 11 is 0. The molecular weight excluding hydrogens is 383 g/mol. The first-order chi connectivity index (χ1) is 13.9. The van der Waals surface area contributed by atoms with E-state index in [9.17, 15) is 4.57 Å². The fraction of sp³-hybridized carbons (Fsp3) is 0.429. The Morgan fingerprint density at radius 2 is 1.17 bits per heavy atom. The van der Waals surface area contributed by atoms with Crippen molar-refractivity contribution < 1.29 is 4.57 Å². The van der Waals surface area contributed by atoms with Gasteiger partial charge in [0.2, 0.25) is 0 Å². The molecule has 0 aliphatic rings. The molecule has 2 aromatic rings. The minimum atomic E-state index is -0.461. The van der Waals surface area contributed by atoms with Gasteiger partial charge in [0.05, 0.1) is 0 Å². The van der Waals surface area contributed by atoms with E-state index < -0.39 is 8.46 Å². The number of allylic oxidation sites excluding steroid dienone is 2. The minimum Gasteiger partial charge on any atom is -0.0711 e. The standard InChI is InChI=1S/C28H37OP/c1-17-11-13-19(3)24(21(17)5)15-26(28(8,9)10)23(7)27(30-29)16-25-20(4)14-12-18(2)22(25)6/h11-16,23H,1-10H3/p+1.